The van der Waals surface area contributed by atoms with Crippen LogP contribution in [-0.2, 0) is 14.3 Å². The Morgan fingerprint density at radius 2 is 1.80 bits per heavy atom. The second-order valence-corrected chi connectivity index (χ2v) is 5.01. The molecule has 0 saturated carbocycles. The van der Waals surface area contributed by atoms with Gasteiger partial charge >= 0.3 is 0 Å². The number of hydrogen-bond donors (Lipinski definition) is 2. The highest BCUT2D eigenvalue weighted by Gasteiger charge is 2.29. The van der Waals surface area contributed by atoms with Gasteiger partial charge in [0, 0.05) is 11.3 Å². The van der Waals surface area contributed by atoms with Crippen LogP contribution in [0.4, 0.5) is 5.69 Å². The number of amides is 1. The number of hydrogen-bond acceptors (Lipinski definition) is 4. The van der Waals surface area contributed by atoms with Crippen LogP contribution in [0.2, 0.25) is 0 Å². The van der Waals surface area contributed by atoms with E-state index in [-0.39, 0.29) is 12.2 Å². The Morgan fingerprint density at radius 3 is 2.30 bits per heavy atom. The molecule has 2 rings (SSSR count). The van der Waals surface area contributed by atoms with Crippen LogP contribution in [-0.4, -0.2) is 24.7 Å². The van der Waals surface area contributed by atoms with E-state index in [2.05, 4.69) is 5.32 Å². The minimum Gasteiger partial charge on any atom is -0.346 e. The lowest BCUT2D eigenvalue weighted by atomic mass is 9.93. The molecular weight excluding hydrogens is 256 g/mol. The average Bonchev–Trinajstić information content (AvgIpc) is 3.01. The van der Waals surface area contributed by atoms with Crippen LogP contribution in [0.15, 0.2) is 24.3 Å². The molecule has 1 aromatic rings. The molecule has 1 aliphatic rings. The third kappa shape index (κ3) is 3.17. The van der Waals surface area contributed by atoms with Crippen molar-refractivity contribution in [2.24, 2.45) is 5.73 Å². The number of benzene rings is 1. The van der Waals surface area contributed by atoms with Gasteiger partial charge in [-0.3, -0.25) is 4.79 Å². The van der Waals surface area contributed by atoms with Crippen LogP contribution in [0.25, 0.3) is 0 Å². The van der Waals surface area contributed by atoms with Crippen molar-refractivity contribution in [1.82, 2.24) is 0 Å². The van der Waals surface area contributed by atoms with E-state index >= 15 is 0 Å². The highest BCUT2D eigenvalue weighted by Crippen LogP contribution is 2.24. The van der Waals surface area contributed by atoms with E-state index in [1.165, 1.54) is 0 Å². The molecule has 1 saturated heterocycles. The van der Waals surface area contributed by atoms with Gasteiger partial charge in [0.25, 0.3) is 0 Å². The first-order valence-corrected chi connectivity index (χ1v) is 7.02. The molecule has 0 unspecified atom stereocenters. The molecule has 3 N–H and O–H groups in total. The summed E-state index contributed by atoms with van der Waals surface area (Å²) in [6.45, 7) is 5.07. The van der Waals surface area contributed by atoms with Crippen LogP contribution < -0.4 is 11.1 Å². The lowest BCUT2D eigenvalue weighted by molar-refractivity contribution is -0.121. The van der Waals surface area contributed by atoms with Gasteiger partial charge in [-0.2, -0.15) is 0 Å². The summed E-state index contributed by atoms with van der Waals surface area (Å²) in [5, 5.41) is 2.86. The first-order chi connectivity index (χ1) is 9.59. The van der Waals surface area contributed by atoms with Gasteiger partial charge < -0.3 is 20.5 Å². The van der Waals surface area contributed by atoms with E-state index < -0.39 is 5.54 Å². The predicted octanol–water partition coefficient (Wildman–Crippen LogP) is 2.19. The molecule has 5 heteroatoms. The largest absolute Gasteiger partial charge is 0.346 e. The number of rotatable bonds is 5. The standard InChI is InChI=1S/C15H22N2O3/c1-3-15(16,4-2)14(18)17-12-7-5-11(6-8-12)13-19-9-10-20-13/h5-8,13H,3-4,9-10,16H2,1-2H3,(H,17,18). The maximum atomic E-state index is 12.2. The Labute approximate surface area is 119 Å². The number of anilines is 1. The zero-order valence-corrected chi connectivity index (χ0v) is 12.0. The molecule has 1 heterocycles. The second kappa shape index (κ2) is 6.35. The predicted molar refractivity (Wildman–Crippen MR) is 77.2 cm³/mol. The normalized spacial score (nSPS) is 16.4. The first-order valence-electron chi connectivity index (χ1n) is 7.02. The summed E-state index contributed by atoms with van der Waals surface area (Å²) < 4.78 is 10.8. The van der Waals surface area contributed by atoms with Crippen molar-refractivity contribution in [2.45, 2.75) is 38.5 Å². The van der Waals surface area contributed by atoms with E-state index in [1.54, 1.807) is 0 Å². The number of carbonyl (C=O) groups excluding carboxylic acids is 1. The lowest BCUT2D eigenvalue weighted by Crippen LogP contribution is -2.50. The van der Waals surface area contributed by atoms with Crippen molar-refractivity contribution in [1.29, 1.82) is 0 Å². The van der Waals surface area contributed by atoms with E-state index in [1.807, 2.05) is 38.1 Å². The van der Waals surface area contributed by atoms with Gasteiger partial charge in [-0.1, -0.05) is 26.0 Å². The van der Waals surface area contributed by atoms with E-state index in [4.69, 9.17) is 15.2 Å². The molecule has 0 radical (unpaired) electrons. The smallest absolute Gasteiger partial charge is 0.244 e. The molecule has 1 aliphatic heterocycles. The minimum atomic E-state index is -0.809. The van der Waals surface area contributed by atoms with Crippen molar-refractivity contribution >= 4 is 11.6 Å². The summed E-state index contributed by atoms with van der Waals surface area (Å²) in [5.74, 6) is -0.149. The molecule has 0 aromatic heterocycles. The van der Waals surface area contributed by atoms with Gasteiger partial charge in [0.1, 0.15) is 0 Å². The third-order valence-electron chi connectivity index (χ3n) is 3.78. The molecular formula is C15H22N2O3. The molecule has 20 heavy (non-hydrogen) atoms. The van der Waals surface area contributed by atoms with Crippen molar-refractivity contribution in [3.8, 4) is 0 Å². The van der Waals surface area contributed by atoms with Crippen LogP contribution in [0.5, 0.6) is 0 Å². The van der Waals surface area contributed by atoms with Crippen molar-refractivity contribution in [3.63, 3.8) is 0 Å². The average molecular weight is 278 g/mol. The zero-order chi connectivity index (χ0) is 14.6. The van der Waals surface area contributed by atoms with Crippen molar-refractivity contribution < 1.29 is 14.3 Å². The first kappa shape index (κ1) is 15.0. The fourth-order valence-electron chi connectivity index (χ4n) is 2.10. The molecule has 1 amide bonds. The van der Waals surface area contributed by atoms with E-state index in [0.29, 0.717) is 26.1 Å². The monoisotopic (exact) mass is 278 g/mol. The van der Waals surface area contributed by atoms with Gasteiger partial charge in [-0.25, -0.2) is 0 Å². The number of nitrogens with two attached hydrogens (primary N) is 1. The molecule has 0 aliphatic carbocycles. The third-order valence-corrected chi connectivity index (χ3v) is 3.78. The van der Waals surface area contributed by atoms with Crippen LogP contribution in [0.3, 0.4) is 0 Å². The van der Waals surface area contributed by atoms with Crippen LogP contribution in [0, 0.1) is 0 Å². The Morgan fingerprint density at radius 1 is 1.25 bits per heavy atom. The molecule has 110 valence electrons. The number of nitrogens with one attached hydrogen (secondary N) is 1. The second-order valence-electron chi connectivity index (χ2n) is 5.01. The van der Waals surface area contributed by atoms with Gasteiger partial charge in [0.15, 0.2) is 6.29 Å². The highest BCUT2D eigenvalue weighted by atomic mass is 16.7. The summed E-state index contributed by atoms with van der Waals surface area (Å²) in [5.41, 5.74) is 6.94. The van der Waals surface area contributed by atoms with Crippen molar-refractivity contribution in [3.05, 3.63) is 29.8 Å². The fraction of sp³-hybridized carbons (Fsp3) is 0.533. The molecule has 0 bridgehead atoms. The molecule has 0 spiro atoms. The van der Waals surface area contributed by atoms with Crippen molar-refractivity contribution in [2.75, 3.05) is 18.5 Å². The molecule has 0 atom stereocenters. The van der Waals surface area contributed by atoms with Gasteiger partial charge in [-0.05, 0) is 25.0 Å². The zero-order valence-electron chi connectivity index (χ0n) is 12.0. The SMILES string of the molecule is CCC(N)(CC)C(=O)Nc1ccc(C2OCCO2)cc1. The quantitative estimate of drug-likeness (QED) is 0.866. The Bertz CT molecular complexity index is 449. The number of carbonyl (C=O) groups is 1. The Kier molecular flexibility index (Phi) is 4.75. The summed E-state index contributed by atoms with van der Waals surface area (Å²) in [7, 11) is 0. The highest BCUT2D eigenvalue weighted by molar-refractivity contribution is 5.97. The summed E-state index contributed by atoms with van der Waals surface area (Å²) >= 11 is 0. The van der Waals surface area contributed by atoms with Crippen LogP contribution in [0.1, 0.15) is 38.5 Å². The molecule has 1 fully saturated rings. The van der Waals surface area contributed by atoms with Gasteiger partial charge in [-0.15, -0.1) is 0 Å². The number of ether oxygens (including phenoxy) is 2. The summed E-state index contributed by atoms with van der Waals surface area (Å²) in [6, 6.07) is 7.46. The summed E-state index contributed by atoms with van der Waals surface area (Å²) in [6.07, 6.45) is 0.925. The van der Waals surface area contributed by atoms with Gasteiger partial charge in [0.2, 0.25) is 5.91 Å². The minimum absolute atomic E-state index is 0.149. The van der Waals surface area contributed by atoms with E-state index in [0.717, 1.165) is 11.3 Å². The topological polar surface area (TPSA) is 73.6 Å². The molecule has 1 aromatic carbocycles. The van der Waals surface area contributed by atoms with Gasteiger partial charge in [0.05, 0.1) is 18.8 Å². The Balaban J connectivity index is 2.01. The Hall–Kier alpha value is -1.43. The fourth-order valence-corrected chi connectivity index (χ4v) is 2.10. The maximum absolute atomic E-state index is 12.2. The lowest BCUT2D eigenvalue weighted by Gasteiger charge is -2.25. The van der Waals surface area contributed by atoms with E-state index in [9.17, 15) is 4.79 Å². The maximum Gasteiger partial charge on any atom is 0.244 e. The van der Waals surface area contributed by atoms with Crippen LogP contribution >= 0.6 is 0 Å². The summed E-state index contributed by atoms with van der Waals surface area (Å²) in [4.78, 5) is 12.2. The molecule has 5 nitrogen and oxygen atoms in total.